The fraction of sp³-hybridized carbons (Fsp3) is 0.333. The number of carbonyl (C=O) groups excluding carboxylic acids is 2. The van der Waals surface area contributed by atoms with Gasteiger partial charge in [-0.1, -0.05) is 6.07 Å². The van der Waals surface area contributed by atoms with Gasteiger partial charge in [0.1, 0.15) is 0 Å². The molecule has 148 valence electrons. The van der Waals surface area contributed by atoms with Crippen LogP contribution in [0.1, 0.15) is 44.7 Å². The van der Waals surface area contributed by atoms with Crippen molar-refractivity contribution >= 4 is 11.8 Å². The van der Waals surface area contributed by atoms with Crippen LogP contribution < -0.4 is 25.1 Å². The van der Waals surface area contributed by atoms with Crippen LogP contribution in [0.25, 0.3) is 0 Å². The lowest BCUT2D eigenvalue weighted by Crippen LogP contribution is -2.41. The smallest absolute Gasteiger partial charge is 0.269 e. The summed E-state index contributed by atoms with van der Waals surface area (Å²) in [4.78, 5) is 24.9. The Kier molecular flexibility index (Phi) is 6.03. The van der Waals surface area contributed by atoms with E-state index in [1.165, 1.54) is 51.0 Å². The molecule has 0 spiro atoms. The van der Waals surface area contributed by atoms with Gasteiger partial charge in [-0.2, -0.15) is 0 Å². The molecule has 0 aliphatic heterocycles. The maximum Gasteiger partial charge on any atom is 0.269 e. The van der Waals surface area contributed by atoms with E-state index in [4.69, 9.17) is 14.2 Å². The number of carbonyl (C=O) groups is 2. The minimum atomic E-state index is -0.495. The SMILES string of the molecule is COc1cc(C(=O)NNC(=O)c2ccc3c(c2)CCCC3)cc(OC)c1OC. The van der Waals surface area contributed by atoms with Gasteiger partial charge in [-0.15, -0.1) is 0 Å². The molecule has 0 saturated carbocycles. The van der Waals surface area contributed by atoms with Gasteiger partial charge in [0.15, 0.2) is 11.5 Å². The molecule has 7 heteroatoms. The van der Waals surface area contributed by atoms with Crippen molar-refractivity contribution in [2.45, 2.75) is 25.7 Å². The van der Waals surface area contributed by atoms with E-state index in [0.717, 1.165) is 19.3 Å². The van der Waals surface area contributed by atoms with Crippen molar-refractivity contribution in [2.75, 3.05) is 21.3 Å². The third-order valence-electron chi connectivity index (χ3n) is 4.83. The van der Waals surface area contributed by atoms with Gasteiger partial charge >= 0.3 is 0 Å². The van der Waals surface area contributed by atoms with Gasteiger partial charge in [0.2, 0.25) is 5.75 Å². The number of rotatable bonds is 5. The summed E-state index contributed by atoms with van der Waals surface area (Å²) in [6.07, 6.45) is 4.35. The van der Waals surface area contributed by atoms with Crippen LogP contribution in [0.2, 0.25) is 0 Å². The van der Waals surface area contributed by atoms with Crippen LogP contribution in [-0.4, -0.2) is 33.1 Å². The number of methoxy groups -OCH3 is 3. The first kappa shape index (κ1) is 19.5. The summed E-state index contributed by atoms with van der Waals surface area (Å²) in [5.74, 6) is 0.236. The summed E-state index contributed by atoms with van der Waals surface area (Å²) < 4.78 is 15.7. The molecular weight excluding hydrogens is 360 g/mol. The molecule has 2 aromatic rings. The van der Waals surface area contributed by atoms with E-state index in [0.29, 0.717) is 22.8 Å². The molecule has 0 saturated heterocycles. The van der Waals surface area contributed by atoms with Crippen LogP contribution in [0.15, 0.2) is 30.3 Å². The van der Waals surface area contributed by atoms with Crippen molar-refractivity contribution in [3.05, 3.63) is 52.6 Å². The molecule has 2 N–H and O–H groups in total. The van der Waals surface area contributed by atoms with Gasteiger partial charge in [-0.05, 0) is 61.1 Å². The standard InChI is InChI=1S/C21H24N2O5/c1-26-17-11-16(12-18(27-2)19(17)28-3)21(25)23-22-20(24)15-9-8-13-6-4-5-7-14(13)10-15/h8-12H,4-7H2,1-3H3,(H,22,24)(H,23,25). The largest absolute Gasteiger partial charge is 0.493 e. The highest BCUT2D eigenvalue weighted by molar-refractivity contribution is 5.99. The first-order valence-electron chi connectivity index (χ1n) is 9.10. The summed E-state index contributed by atoms with van der Waals surface area (Å²) in [6, 6.07) is 8.70. The molecular formula is C21H24N2O5. The molecule has 28 heavy (non-hydrogen) atoms. The second kappa shape index (κ2) is 8.65. The molecule has 0 fully saturated rings. The average molecular weight is 384 g/mol. The number of aryl methyl sites for hydroxylation is 2. The maximum absolute atomic E-state index is 12.5. The topological polar surface area (TPSA) is 85.9 Å². The fourth-order valence-electron chi connectivity index (χ4n) is 3.34. The van der Waals surface area contributed by atoms with Crippen LogP contribution in [-0.2, 0) is 12.8 Å². The molecule has 1 aliphatic carbocycles. The molecule has 3 rings (SSSR count). The fourth-order valence-corrected chi connectivity index (χ4v) is 3.34. The Morgan fingerprint density at radius 3 is 1.89 bits per heavy atom. The third-order valence-corrected chi connectivity index (χ3v) is 4.83. The Morgan fingerprint density at radius 1 is 0.750 bits per heavy atom. The van der Waals surface area contributed by atoms with Crippen molar-refractivity contribution in [2.24, 2.45) is 0 Å². The Bertz CT molecular complexity index is 869. The zero-order valence-electron chi connectivity index (χ0n) is 16.3. The van der Waals surface area contributed by atoms with Gasteiger partial charge in [0, 0.05) is 11.1 Å². The minimum Gasteiger partial charge on any atom is -0.493 e. The highest BCUT2D eigenvalue weighted by Crippen LogP contribution is 2.38. The maximum atomic E-state index is 12.5. The molecule has 0 radical (unpaired) electrons. The number of ether oxygens (including phenoxy) is 3. The van der Waals surface area contributed by atoms with E-state index < -0.39 is 5.91 Å². The summed E-state index contributed by atoms with van der Waals surface area (Å²) in [5.41, 5.74) is 8.17. The number of hydrazine groups is 1. The van der Waals surface area contributed by atoms with Crippen molar-refractivity contribution < 1.29 is 23.8 Å². The zero-order chi connectivity index (χ0) is 20.1. The first-order valence-corrected chi connectivity index (χ1v) is 9.10. The van der Waals surface area contributed by atoms with Gasteiger partial charge in [0.25, 0.3) is 11.8 Å². The molecule has 1 aliphatic rings. The Balaban J connectivity index is 1.71. The van der Waals surface area contributed by atoms with Crippen LogP contribution in [0, 0.1) is 0 Å². The molecule has 2 amide bonds. The molecule has 0 atom stereocenters. The van der Waals surface area contributed by atoms with E-state index in [1.54, 1.807) is 6.07 Å². The van der Waals surface area contributed by atoms with E-state index in [-0.39, 0.29) is 11.5 Å². The predicted octanol–water partition coefficient (Wildman–Crippen LogP) is 2.67. The van der Waals surface area contributed by atoms with E-state index in [2.05, 4.69) is 10.9 Å². The van der Waals surface area contributed by atoms with Crippen LogP contribution in [0.4, 0.5) is 0 Å². The second-order valence-corrected chi connectivity index (χ2v) is 6.51. The summed E-state index contributed by atoms with van der Waals surface area (Å²) >= 11 is 0. The number of hydrogen-bond acceptors (Lipinski definition) is 5. The number of hydrogen-bond donors (Lipinski definition) is 2. The zero-order valence-corrected chi connectivity index (χ0v) is 16.3. The molecule has 0 heterocycles. The van der Waals surface area contributed by atoms with Gasteiger partial charge < -0.3 is 14.2 Å². The molecule has 0 aromatic heterocycles. The lowest BCUT2D eigenvalue weighted by molar-refractivity contribution is 0.0846. The van der Waals surface area contributed by atoms with Crippen LogP contribution >= 0.6 is 0 Å². The monoisotopic (exact) mass is 384 g/mol. The minimum absolute atomic E-state index is 0.264. The van der Waals surface area contributed by atoms with E-state index in [1.807, 2.05) is 12.1 Å². The predicted molar refractivity (Wildman–Crippen MR) is 104 cm³/mol. The highest BCUT2D eigenvalue weighted by Gasteiger charge is 2.18. The van der Waals surface area contributed by atoms with E-state index >= 15 is 0 Å². The Morgan fingerprint density at radius 2 is 1.32 bits per heavy atom. The Hall–Kier alpha value is -3.22. The summed E-state index contributed by atoms with van der Waals surface area (Å²) in [6.45, 7) is 0. The first-order chi connectivity index (χ1) is 13.6. The van der Waals surface area contributed by atoms with Crippen LogP contribution in [0.5, 0.6) is 17.2 Å². The molecule has 2 aromatic carbocycles. The lowest BCUT2D eigenvalue weighted by atomic mass is 9.90. The molecule has 0 unspecified atom stereocenters. The highest BCUT2D eigenvalue weighted by atomic mass is 16.5. The van der Waals surface area contributed by atoms with Crippen molar-refractivity contribution in [3.63, 3.8) is 0 Å². The Labute approximate surface area is 164 Å². The summed E-state index contributed by atoms with van der Waals surface area (Å²) in [7, 11) is 4.42. The van der Waals surface area contributed by atoms with Crippen molar-refractivity contribution in [1.82, 2.24) is 10.9 Å². The van der Waals surface area contributed by atoms with Crippen LogP contribution in [0.3, 0.4) is 0 Å². The van der Waals surface area contributed by atoms with Gasteiger partial charge in [0.05, 0.1) is 21.3 Å². The lowest BCUT2D eigenvalue weighted by Gasteiger charge is -2.17. The number of fused-ring (bicyclic) bond motifs is 1. The van der Waals surface area contributed by atoms with Crippen molar-refractivity contribution in [1.29, 1.82) is 0 Å². The quantitative estimate of drug-likeness (QED) is 0.774. The van der Waals surface area contributed by atoms with Gasteiger partial charge in [-0.3, -0.25) is 20.4 Å². The molecule has 0 bridgehead atoms. The summed E-state index contributed by atoms with van der Waals surface area (Å²) in [5, 5.41) is 0. The second-order valence-electron chi connectivity index (χ2n) is 6.51. The average Bonchev–Trinajstić information content (AvgIpc) is 2.75. The number of amides is 2. The number of nitrogens with one attached hydrogen (secondary N) is 2. The third kappa shape index (κ3) is 4.03. The normalized spacial score (nSPS) is 12.5. The van der Waals surface area contributed by atoms with E-state index in [9.17, 15) is 9.59 Å². The van der Waals surface area contributed by atoms with Crippen molar-refractivity contribution in [3.8, 4) is 17.2 Å². The number of benzene rings is 2. The molecule has 7 nitrogen and oxygen atoms in total. The van der Waals surface area contributed by atoms with Gasteiger partial charge in [-0.25, -0.2) is 0 Å².